The van der Waals surface area contributed by atoms with E-state index in [0.29, 0.717) is 39.0 Å². The summed E-state index contributed by atoms with van der Waals surface area (Å²) in [7, 11) is 0. The molecule has 8 aromatic carbocycles. The number of benzene rings is 8. The number of halogens is 1. The largest absolute Gasteiger partial charge is 0.454 e. The van der Waals surface area contributed by atoms with Gasteiger partial charge in [0.2, 0.25) is 0 Å². The van der Waals surface area contributed by atoms with E-state index in [2.05, 4.69) is 88.7 Å². The van der Waals surface area contributed by atoms with Crippen LogP contribution >= 0.6 is 22.6 Å². The van der Waals surface area contributed by atoms with Gasteiger partial charge in [-0.25, -0.2) is 9.36 Å². The molecule has 0 saturated heterocycles. The Kier molecular flexibility index (Phi) is 14.8. The first kappa shape index (κ1) is 52.5. The van der Waals surface area contributed by atoms with Crippen molar-refractivity contribution < 1.29 is 14.3 Å². The first-order valence-corrected chi connectivity index (χ1v) is 26.5. The number of nitrogens with one attached hydrogen (secondary N) is 1. The highest BCUT2D eigenvalue weighted by atomic mass is 127. The summed E-state index contributed by atoms with van der Waals surface area (Å²) >= 11 is 1.98. The molecule has 0 bridgehead atoms. The van der Waals surface area contributed by atoms with Crippen molar-refractivity contribution in [1.29, 1.82) is 0 Å². The van der Waals surface area contributed by atoms with Crippen molar-refractivity contribution in [2.24, 2.45) is 0 Å². The number of fused-ring (bicyclic) bond motifs is 3. The number of nitro benzene ring substituents is 2. The monoisotopic (exact) mass is 1170 g/mol. The molecule has 0 unspecified atom stereocenters. The van der Waals surface area contributed by atoms with Gasteiger partial charge in [0.1, 0.15) is 28.0 Å². The van der Waals surface area contributed by atoms with Crippen LogP contribution in [-0.2, 0) is 11.1 Å². The molecule has 0 fully saturated rings. The Bertz CT molecular complexity index is 4240. The minimum Gasteiger partial charge on any atom is -0.454 e. The summed E-state index contributed by atoms with van der Waals surface area (Å²) in [5, 5.41) is 35.4. The predicted octanol–water partition coefficient (Wildman–Crippen LogP) is 14.3. The summed E-state index contributed by atoms with van der Waals surface area (Å²) in [6, 6.07) is 75.6. The third kappa shape index (κ3) is 9.81. The molecule has 14 nitrogen and oxygen atoms in total. The molecule has 0 aliphatic carbocycles. The van der Waals surface area contributed by atoms with Gasteiger partial charge in [-0.05, 0) is 86.2 Å². The molecule has 5 aromatic heterocycles. The van der Waals surface area contributed by atoms with Crippen LogP contribution in [0, 0.1) is 36.1 Å². The van der Waals surface area contributed by atoms with E-state index in [9.17, 15) is 25.0 Å². The summed E-state index contributed by atoms with van der Waals surface area (Å²) in [6.45, 7) is 0. The van der Waals surface area contributed by atoms with Gasteiger partial charge in [0, 0.05) is 71.3 Å². The van der Waals surface area contributed by atoms with Crippen LogP contribution in [-0.4, -0.2) is 39.4 Å². The van der Waals surface area contributed by atoms with Gasteiger partial charge in [0.15, 0.2) is 11.2 Å². The number of rotatable bonds is 11. The maximum Gasteiger partial charge on any atom is 0.270 e. The third-order valence-corrected chi connectivity index (χ3v) is 14.8. The van der Waals surface area contributed by atoms with Gasteiger partial charge in [0.25, 0.3) is 11.4 Å². The maximum absolute atomic E-state index is 11.8. The molecular weight excluding hydrogens is 1130 g/mol. The topological polar surface area (TPSA) is 181 Å². The van der Waals surface area contributed by atoms with Gasteiger partial charge in [-0.3, -0.25) is 30.0 Å². The zero-order valence-corrected chi connectivity index (χ0v) is 45.0. The van der Waals surface area contributed by atoms with Crippen molar-refractivity contribution in [2.45, 2.75) is 11.1 Å². The molecule has 5 heterocycles. The van der Waals surface area contributed by atoms with Crippen LogP contribution in [0.25, 0.3) is 44.2 Å². The number of aromatic amines is 1. The number of hydrogen-bond acceptors (Lipinski definition) is 9. The number of nitro groups is 2. The summed E-state index contributed by atoms with van der Waals surface area (Å²) in [5.74, 6) is 3.14. The van der Waals surface area contributed by atoms with Gasteiger partial charge in [-0.2, -0.15) is 10.2 Å². The van der Waals surface area contributed by atoms with Crippen molar-refractivity contribution in [3.63, 3.8) is 0 Å². The lowest BCUT2D eigenvalue weighted by Gasteiger charge is -2.37. The van der Waals surface area contributed by atoms with E-state index in [1.807, 2.05) is 147 Å². The molecule has 0 spiro atoms. The fraction of sp³-hybridized carbons (Fsp3) is 0.0303. The molecular formula is C66H45IN8O6. The molecule has 81 heavy (non-hydrogen) atoms. The molecule has 13 rings (SSSR count). The summed E-state index contributed by atoms with van der Waals surface area (Å²) in [6.07, 6.45) is 12.5. The molecule has 0 aliphatic heterocycles. The Labute approximate surface area is 477 Å². The lowest BCUT2D eigenvalue weighted by molar-refractivity contribution is -0.384. The second kappa shape index (κ2) is 22.8. The van der Waals surface area contributed by atoms with Crippen molar-refractivity contribution in [3.8, 4) is 23.8 Å². The molecule has 0 atom stereocenters. The smallest absolute Gasteiger partial charge is 0.270 e. The molecule has 0 saturated carbocycles. The van der Waals surface area contributed by atoms with Crippen molar-refractivity contribution in [3.05, 3.63) is 334 Å². The van der Waals surface area contributed by atoms with Gasteiger partial charge < -0.3 is 9.40 Å². The van der Waals surface area contributed by atoms with Crippen molar-refractivity contribution >= 4 is 66.7 Å². The van der Waals surface area contributed by atoms with Gasteiger partial charge in [-0.15, -0.1) is 6.42 Å². The zero-order valence-electron chi connectivity index (χ0n) is 42.9. The number of aromatic nitrogens is 6. The molecule has 13 aromatic rings. The molecule has 0 radical (unpaired) electrons. The van der Waals surface area contributed by atoms with Gasteiger partial charge in [-0.1, -0.05) is 182 Å². The van der Waals surface area contributed by atoms with Crippen LogP contribution in [0.3, 0.4) is 0 Å². The van der Waals surface area contributed by atoms with E-state index in [-0.39, 0.29) is 21.7 Å². The second-order valence-corrected chi connectivity index (χ2v) is 19.7. The second-order valence-electron chi connectivity index (χ2n) is 18.6. The molecule has 0 amide bonds. The molecule has 392 valence electrons. The number of furan rings is 1. The van der Waals surface area contributed by atoms with Crippen LogP contribution in [0.2, 0.25) is 0 Å². The first-order chi connectivity index (χ1) is 39.6. The van der Waals surface area contributed by atoms with Crippen LogP contribution in [0.15, 0.2) is 271 Å². The van der Waals surface area contributed by atoms with Crippen molar-refractivity contribution in [2.75, 3.05) is 0 Å². The fourth-order valence-electron chi connectivity index (χ4n) is 10.4. The van der Waals surface area contributed by atoms with E-state index < -0.39 is 16.0 Å². The fourth-order valence-corrected chi connectivity index (χ4v) is 10.8. The highest BCUT2D eigenvalue weighted by Gasteiger charge is 2.43. The number of non-ortho nitro benzene ring substituents is 2. The minimum absolute atomic E-state index is 0.0178. The predicted molar refractivity (Wildman–Crippen MR) is 323 cm³/mol. The van der Waals surface area contributed by atoms with Crippen LogP contribution < -0.4 is 5.43 Å². The Morgan fingerprint density at radius 3 is 1.35 bits per heavy atom. The molecule has 0 aliphatic rings. The zero-order chi connectivity index (χ0) is 55.9. The maximum atomic E-state index is 11.8. The van der Waals surface area contributed by atoms with E-state index >= 15 is 0 Å². The van der Waals surface area contributed by atoms with E-state index in [1.54, 1.807) is 49.1 Å². The summed E-state index contributed by atoms with van der Waals surface area (Å²) in [4.78, 5) is 40.1. The lowest BCUT2D eigenvalue weighted by Crippen LogP contribution is -2.38. The normalized spacial score (nSPS) is 11.3. The summed E-state index contributed by atoms with van der Waals surface area (Å²) in [5.41, 5.74) is 7.24. The quantitative estimate of drug-likeness (QED) is 0.0433. The number of H-pyrrole nitrogens is 1. The van der Waals surface area contributed by atoms with Crippen molar-refractivity contribution in [1.82, 2.24) is 29.5 Å². The first-order valence-electron chi connectivity index (χ1n) is 25.4. The Morgan fingerprint density at radius 1 is 0.543 bits per heavy atom. The Morgan fingerprint density at radius 2 is 0.963 bits per heavy atom. The number of hydrogen-bond donors (Lipinski definition) is 1. The average molecular weight is 1170 g/mol. The van der Waals surface area contributed by atoms with E-state index in [0.717, 1.165) is 47.9 Å². The summed E-state index contributed by atoms with van der Waals surface area (Å²) < 4.78 is 10.8. The van der Waals surface area contributed by atoms with Gasteiger partial charge in [0.05, 0.1) is 24.5 Å². The molecule has 15 heteroatoms. The Balaban J connectivity index is 0.000000152. The van der Waals surface area contributed by atoms with E-state index in [4.69, 9.17) is 21.0 Å². The Hall–Kier alpha value is -10.6. The number of pyridine rings is 2. The SMILES string of the molecule is C#Cc1nn(C(c2ccccc2)(c2ccccc2)c2ccccc2)c2ccc([N+](=O)[O-])cc12.O=[N+]([O-])c1ccc2c(c1)c(-c1cc3cnccc3o1)nn2C(c1ccccc1)(c1ccccc1)c1ccccc1.O=c1cc[nH]cc1I. The van der Waals surface area contributed by atoms with E-state index in [1.165, 1.54) is 24.3 Å². The average Bonchev–Trinajstić information content (AvgIpc) is 4.20. The number of terminal acetylenes is 1. The highest BCUT2D eigenvalue weighted by Crippen LogP contribution is 2.46. The molecule has 1 N–H and O–H groups in total. The highest BCUT2D eigenvalue weighted by molar-refractivity contribution is 14.1. The lowest BCUT2D eigenvalue weighted by atomic mass is 9.77. The van der Waals surface area contributed by atoms with Crippen LogP contribution in [0.5, 0.6) is 0 Å². The number of nitrogens with zero attached hydrogens (tertiary/aromatic N) is 7. The van der Waals surface area contributed by atoms with Crippen LogP contribution in [0.4, 0.5) is 11.4 Å². The van der Waals surface area contributed by atoms with Gasteiger partial charge >= 0.3 is 0 Å². The van der Waals surface area contributed by atoms with Crippen LogP contribution in [0.1, 0.15) is 39.1 Å². The minimum atomic E-state index is -0.899. The third-order valence-electron chi connectivity index (χ3n) is 14.0. The standard InChI is InChI=1S/C33H22N4O3.C28H19N3O2.C5H4INO/c38-37(39)27-16-17-29-28(21-27)32(31-20-23-22-34-19-18-30(23)40-31)35-36(29)33(24-10-4-1-5-11-24,25-12-6-2-7-13-25)26-14-8-3-9-15-26;1-2-26-25-20-24(31(32)33)18-19-27(25)30(29-26)28(21-12-6-3-7-13-21,22-14-8-4-9-15-22)23-16-10-5-11-17-23;6-4-3-7-2-1-5(4)8/h1-22H;1,3-20H;1-3H,(H,7,8).